The second-order valence-corrected chi connectivity index (χ2v) is 7.74. The molecule has 1 spiro atoms. The Kier molecular flexibility index (Phi) is 3.26. The molecule has 0 aromatic heterocycles. The van der Waals surface area contributed by atoms with Crippen molar-refractivity contribution >= 4 is 17.5 Å². The third-order valence-electron chi connectivity index (χ3n) is 5.40. The van der Waals surface area contributed by atoms with Crippen molar-refractivity contribution in [3.63, 3.8) is 0 Å². The van der Waals surface area contributed by atoms with Gasteiger partial charge in [-0.1, -0.05) is 32.0 Å². The van der Waals surface area contributed by atoms with Crippen molar-refractivity contribution in [1.82, 2.24) is 5.32 Å². The average Bonchev–Trinajstić information content (AvgIpc) is 3.43. The number of nitrogens with zero attached hydrogens (tertiary/aromatic N) is 1. The van der Waals surface area contributed by atoms with Gasteiger partial charge in [-0.3, -0.25) is 9.59 Å². The molecule has 0 saturated heterocycles. The van der Waals surface area contributed by atoms with Gasteiger partial charge in [0, 0.05) is 18.8 Å². The Labute approximate surface area is 137 Å². The summed E-state index contributed by atoms with van der Waals surface area (Å²) in [6.45, 7) is 5.65. The number of rotatable bonds is 5. The van der Waals surface area contributed by atoms with Crippen LogP contribution in [0.5, 0.6) is 0 Å². The van der Waals surface area contributed by atoms with E-state index in [9.17, 15) is 9.59 Å². The van der Waals surface area contributed by atoms with E-state index in [-0.39, 0.29) is 17.7 Å². The van der Waals surface area contributed by atoms with Crippen molar-refractivity contribution in [3.05, 3.63) is 29.8 Å². The summed E-state index contributed by atoms with van der Waals surface area (Å²) < 4.78 is 0. The number of anilines is 1. The minimum atomic E-state index is -0.577. The second kappa shape index (κ2) is 5.08. The summed E-state index contributed by atoms with van der Waals surface area (Å²) in [4.78, 5) is 27.5. The molecule has 122 valence electrons. The Balaban J connectivity index is 1.59. The molecule has 4 nitrogen and oxygen atoms in total. The molecule has 2 amide bonds. The van der Waals surface area contributed by atoms with Gasteiger partial charge in [-0.15, -0.1) is 0 Å². The maximum atomic E-state index is 13.1. The van der Waals surface area contributed by atoms with Crippen LogP contribution in [0.2, 0.25) is 0 Å². The first kappa shape index (κ1) is 14.7. The van der Waals surface area contributed by atoms with E-state index < -0.39 is 5.41 Å². The number of fused-ring (bicyclic) bond motifs is 2. The third kappa shape index (κ3) is 2.27. The second-order valence-electron chi connectivity index (χ2n) is 7.74. The van der Waals surface area contributed by atoms with Crippen LogP contribution in [0.25, 0.3) is 0 Å². The Hall–Kier alpha value is -1.84. The number of para-hydroxylation sites is 1. The molecule has 23 heavy (non-hydrogen) atoms. The predicted octanol–water partition coefficient (Wildman–Crippen LogP) is 2.47. The highest BCUT2D eigenvalue weighted by atomic mass is 16.2. The minimum absolute atomic E-state index is 0.0372. The number of hydrogen-bond acceptors (Lipinski definition) is 2. The molecule has 4 heteroatoms. The molecule has 0 unspecified atom stereocenters. The fraction of sp³-hybridized carbons (Fsp3) is 0.579. The van der Waals surface area contributed by atoms with Crippen LogP contribution in [0, 0.1) is 17.8 Å². The summed E-state index contributed by atoms with van der Waals surface area (Å²) in [5, 5.41) is 3.00. The third-order valence-corrected chi connectivity index (χ3v) is 5.40. The van der Waals surface area contributed by atoms with E-state index in [0.717, 1.165) is 17.8 Å². The number of benzene rings is 1. The molecular weight excluding hydrogens is 288 g/mol. The van der Waals surface area contributed by atoms with Gasteiger partial charge >= 0.3 is 0 Å². The van der Waals surface area contributed by atoms with E-state index >= 15 is 0 Å². The molecule has 2 saturated carbocycles. The van der Waals surface area contributed by atoms with Crippen molar-refractivity contribution in [2.24, 2.45) is 17.8 Å². The van der Waals surface area contributed by atoms with Crippen LogP contribution in [0.3, 0.4) is 0 Å². The smallest absolute Gasteiger partial charge is 0.238 e. The SMILES string of the molecule is CC(C)CNC(=O)[C@@H]1C[C@]12C(=O)N(CC1CC1)c1ccccc12. The zero-order chi connectivity index (χ0) is 16.2. The number of carbonyl (C=O) groups excluding carboxylic acids is 2. The molecule has 1 aromatic carbocycles. The van der Waals surface area contributed by atoms with Gasteiger partial charge in [-0.25, -0.2) is 0 Å². The molecule has 4 rings (SSSR count). The average molecular weight is 312 g/mol. The highest BCUT2D eigenvalue weighted by Crippen LogP contribution is 2.62. The molecule has 2 aliphatic carbocycles. The lowest BCUT2D eigenvalue weighted by Gasteiger charge is -2.17. The lowest BCUT2D eigenvalue weighted by Crippen LogP contribution is -2.37. The summed E-state index contributed by atoms with van der Waals surface area (Å²) in [5.74, 6) is 1.06. The molecule has 1 aromatic rings. The van der Waals surface area contributed by atoms with Crippen LogP contribution < -0.4 is 10.2 Å². The van der Waals surface area contributed by atoms with Crippen molar-refractivity contribution < 1.29 is 9.59 Å². The fourth-order valence-electron chi connectivity index (χ4n) is 3.83. The number of amides is 2. The zero-order valence-electron chi connectivity index (χ0n) is 13.8. The van der Waals surface area contributed by atoms with Gasteiger partial charge in [0.15, 0.2) is 0 Å². The zero-order valence-corrected chi connectivity index (χ0v) is 13.8. The van der Waals surface area contributed by atoms with Crippen molar-refractivity contribution in [1.29, 1.82) is 0 Å². The van der Waals surface area contributed by atoms with Gasteiger partial charge in [0.2, 0.25) is 11.8 Å². The maximum absolute atomic E-state index is 13.1. The van der Waals surface area contributed by atoms with Gasteiger partial charge in [0.05, 0.1) is 11.3 Å². The van der Waals surface area contributed by atoms with Crippen LogP contribution >= 0.6 is 0 Å². The van der Waals surface area contributed by atoms with E-state index in [0.29, 0.717) is 24.8 Å². The first-order valence-electron chi connectivity index (χ1n) is 8.73. The Bertz CT molecular complexity index is 665. The fourth-order valence-corrected chi connectivity index (χ4v) is 3.83. The summed E-state index contributed by atoms with van der Waals surface area (Å²) in [5.41, 5.74) is 1.52. The quantitative estimate of drug-likeness (QED) is 0.908. The van der Waals surface area contributed by atoms with Crippen molar-refractivity contribution in [3.8, 4) is 0 Å². The Morgan fingerprint density at radius 1 is 1.35 bits per heavy atom. The highest BCUT2D eigenvalue weighted by Gasteiger charge is 2.69. The number of nitrogens with one attached hydrogen (secondary N) is 1. The first-order chi connectivity index (χ1) is 11.0. The van der Waals surface area contributed by atoms with Crippen molar-refractivity contribution in [2.45, 2.75) is 38.5 Å². The molecule has 3 aliphatic rings. The minimum Gasteiger partial charge on any atom is -0.356 e. The van der Waals surface area contributed by atoms with Crippen LogP contribution in [0.4, 0.5) is 5.69 Å². The van der Waals surface area contributed by atoms with Crippen molar-refractivity contribution in [2.75, 3.05) is 18.0 Å². The first-order valence-corrected chi connectivity index (χ1v) is 8.73. The van der Waals surface area contributed by atoms with E-state index in [2.05, 4.69) is 19.2 Å². The van der Waals surface area contributed by atoms with Gasteiger partial charge in [-0.05, 0) is 42.7 Å². The van der Waals surface area contributed by atoms with E-state index in [1.165, 1.54) is 12.8 Å². The summed E-state index contributed by atoms with van der Waals surface area (Å²) in [6, 6.07) is 8.04. The lowest BCUT2D eigenvalue weighted by atomic mass is 9.94. The van der Waals surface area contributed by atoms with Crippen LogP contribution in [-0.2, 0) is 15.0 Å². The summed E-state index contributed by atoms with van der Waals surface area (Å²) in [6.07, 6.45) is 3.10. The molecule has 1 N–H and O–H groups in total. The van der Waals surface area contributed by atoms with E-state index in [1.807, 2.05) is 29.2 Å². The van der Waals surface area contributed by atoms with Crippen LogP contribution in [0.1, 0.15) is 38.7 Å². The summed E-state index contributed by atoms with van der Waals surface area (Å²) in [7, 11) is 0. The topological polar surface area (TPSA) is 49.4 Å². The molecule has 2 fully saturated rings. The number of carbonyl (C=O) groups is 2. The van der Waals surface area contributed by atoms with Gasteiger partial charge in [0.25, 0.3) is 0 Å². The molecule has 1 aliphatic heterocycles. The van der Waals surface area contributed by atoms with Gasteiger partial charge in [-0.2, -0.15) is 0 Å². The molecule has 1 heterocycles. The lowest BCUT2D eigenvalue weighted by molar-refractivity contribution is -0.126. The monoisotopic (exact) mass is 312 g/mol. The molecular formula is C19H24N2O2. The molecule has 0 bridgehead atoms. The maximum Gasteiger partial charge on any atom is 0.238 e. The van der Waals surface area contributed by atoms with Crippen LogP contribution in [-0.4, -0.2) is 24.9 Å². The van der Waals surface area contributed by atoms with E-state index in [1.54, 1.807) is 0 Å². The number of hydrogen-bond donors (Lipinski definition) is 1. The Morgan fingerprint density at radius 2 is 2.09 bits per heavy atom. The van der Waals surface area contributed by atoms with Crippen LogP contribution in [0.15, 0.2) is 24.3 Å². The van der Waals surface area contributed by atoms with Gasteiger partial charge < -0.3 is 10.2 Å². The normalized spacial score (nSPS) is 28.4. The highest BCUT2D eigenvalue weighted by molar-refractivity contribution is 6.14. The summed E-state index contributed by atoms with van der Waals surface area (Å²) >= 11 is 0. The van der Waals surface area contributed by atoms with Gasteiger partial charge in [0.1, 0.15) is 0 Å². The largest absolute Gasteiger partial charge is 0.356 e. The molecule has 2 atom stereocenters. The Morgan fingerprint density at radius 3 is 2.78 bits per heavy atom. The standard InChI is InChI=1S/C19H24N2O2/c1-12(2)10-20-17(22)15-9-19(15)14-5-3-4-6-16(14)21(18(19)23)11-13-7-8-13/h3-6,12-13,15H,7-11H2,1-2H3,(H,20,22)/t15-,19+/m0/s1. The molecule has 0 radical (unpaired) electrons. The van der Waals surface area contributed by atoms with E-state index in [4.69, 9.17) is 0 Å². The predicted molar refractivity (Wildman–Crippen MR) is 89.2 cm³/mol.